The van der Waals surface area contributed by atoms with Gasteiger partial charge in [0, 0.05) is 87.9 Å². The third kappa shape index (κ3) is 17.5. The Morgan fingerprint density at radius 3 is 1.47 bits per heavy atom. The lowest BCUT2D eigenvalue weighted by atomic mass is 9.92. The van der Waals surface area contributed by atoms with Gasteiger partial charge in [-0.1, -0.05) is 12.1 Å². The Morgan fingerprint density at radius 2 is 1.05 bits per heavy atom. The third-order valence-corrected chi connectivity index (χ3v) is 15.0. The lowest BCUT2D eigenvalue weighted by Gasteiger charge is -2.34. The highest BCUT2D eigenvalue weighted by Crippen LogP contribution is 2.40. The Labute approximate surface area is 478 Å². The SMILES string of the molecule is Cc1ccc2oc(CCl)nc2c1.Cc1ccc2oc(CN3CCN(C(=O)COC4CCC(Nc5ccc([N+](=O)[O-])c(C(F)(F)F)c5)CC4)CC3)nc2c1.O=C(COC1CCC(Nc2ccc([N+](=O)[O-])c(C(F)(F)F)c2)CC1)N1CCNCC1. The highest BCUT2D eigenvalue weighted by molar-refractivity contribution is 6.16. The second-order valence-corrected chi connectivity index (χ2v) is 21.2. The van der Waals surface area contributed by atoms with Crippen LogP contribution >= 0.6 is 11.6 Å². The van der Waals surface area contributed by atoms with Gasteiger partial charge in [-0.15, -0.1) is 11.6 Å². The normalized spacial score (nSPS) is 19.8. The highest BCUT2D eigenvalue weighted by atomic mass is 35.5. The number of nitro benzene ring substituents is 2. The first kappa shape index (κ1) is 61.9. The smallest absolute Gasteiger partial charge is 0.423 e. The molecule has 0 unspecified atom stereocenters. The molecule has 2 aliphatic heterocycles. The molecule has 6 aromatic rings. The summed E-state index contributed by atoms with van der Waals surface area (Å²) in [6.07, 6.45) is -4.48. The van der Waals surface area contributed by atoms with Gasteiger partial charge in [0.15, 0.2) is 11.2 Å². The first-order valence-electron chi connectivity index (χ1n) is 27.3. The molecule has 0 bridgehead atoms. The number of rotatable bonds is 15. The Kier molecular flexibility index (Phi) is 20.9. The molecular weight excluding hydrogens is 1120 g/mol. The maximum Gasteiger partial charge on any atom is 0.423 e. The molecule has 4 heterocycles. The zero-order valence-electron chi connectivity index (χ0n) is 45.7. The number of benzene rings is 4. The zero-order valence-corrected chi connectivity index (χ0v) is 46.5. The summed E-state index contributed by atoms with van der Waals surface area (Å²) in [4.78, 5) is 59.2. The van der Waals surface area contributed by atoms with Gasteiger partial charge in [-0.3, -0.25) is 34.7 Å². The number of hydrogen-bond acceptors (Lipinski definition) is 16. The van der Waals surface area contributed by atoms with Gasteiger partial charge in [0.25, 0.3) is 11.4 Å². The fourth-order valence-electron chi connectivity index (χ4n) is 10.4. The largest absolute Gasteiger partial charge is 0.439 e. The van der Waals surface area contributed by atoms with Crippen LogP contribution in [0.25, 0.3) is 22.2 Å². The van der Waals surface area contributed by atoms with Gasteiger partial charge in [0.1, 0.15) is 35.4 Å². The van der Waals surface area contributed by atoms with E-state index in [-0.39, 0.29) is 60.7 Å². The predicted octanol–water partition coefficient (Wildman–Crippen LogP) is 10.8. The Balaban J connectivity index is 0.000000186. The van der Waals surface area contributed by atoms with Crippen LogP contribution in [0, 0.1) is 34.1 Å². The van der Waals surface area contributed by atoms with Crippen LogP contribution in [0.4, 0.5) is 49.1 Å². The molecule has 0 radical (unpaired) electrons. The van der Waals surface area contributed by atoms with Crippen LogP contribution < -0.4 is 16.0 Å². The number of piperazine rings is 2. The van der Waals surface area contributed by atoms with Crippen LogP contribution in [0.5, 0.6) is 0 Å². The number of hydrogen-bond donors (Lipinski definition) is 3. The number of aromatic nitrogens is 2. The van der Waals surface area contributed by atoms with Crippen molar-refractivity contribution in [1.82, 2.24) is 30.0 Å². The molecule has 2 saturated carbocycles. The van der Waals surface area contributed by atoms with Gasteiger partial charge in [0.05, 0.1) is 34.5 Å². The molecule has 2 aromatic heterocycles. The van der Waals surface area contributed by atoms with Gasteiger partial charge in [-0.25, -0.2) is 9.97 Å². The van der Waals surface area contributed by atoms with Gasteiger partial charge < -0.3 is 44.1 Å². The summed E-state index contributed by atoms with van der Waals surface area (Å²) in [6.45, 7) is 10.2. The maximum atomic E-state index is 13.3. The number of ether oxygens (including phenoxy) is 2. The first-order valence-corrected chi connectivity index (χ1v) is 27.9. The molecule has 2 aliphatic carbocycles. The number of alkyl halides is 7. The fraction of sp³-hybridized carbons (Fsp3) is 0.500. The van der Waals surface area contributed by atoms with E-state index in [0.717, 1.165) is 65.1 Å². The monoisotopic (exact) mass is 1190 g/mol. The van der Waals surface area contributed by atoms with Crippen LogP contribution in [-0.4, -0.2) is 136 Å². The predicted molar refractivity (Wildman–Crippen MR) is 296 cm³/mol. The molecule has 4 aliphatic rings. The molecule has 83 heavy (non-hydrogen) atoms. The molecule has 4 fully saturated rings. The molecule has 4 aromatic carbocycles. The molecule has 0 atom stereocenters. The Morgan fingerprint density at radius 1 is 0.627 bits per heavy atom. The first-order chi connectivity index (χ1) is 39.6. The van der Waals surface area contributed by atoms with Gasteiger partial charge >= 0.3 is 12.4 Å². The average Bonchev–Trinajstić information content (AvgIpc) is 4.09. The number of halogens is 7. The van der Waals surface area contributed by atoms with Crippen molar-refractivity contribution < 1.29 is 64.1 Å². The van der Waals surface area contributed by atoms with Gasteiger partial charge in [-0.05, 0) is 125 Å². The number of oxazole rings is 2. The lowest BCUT2D eigenvalue weighted by Crippen LogP contribution is -2.49. The second-order valence-electron chi connectivity index (χ2n) is 20.9. The van der Waals surface area contributed by atoms with E-state index >= 15 is 0 Å². The number of carbonyl (C=O) groups is 2. The Bertz CT molecular complexity index is 3190. The van der Waals surface area contributed by atoms with Crippen molar-refractivity contribution in [3.8, 4) is 0 Å². The number of aryl methyl sites for hydroxylation is 2. The van der Waals surface area contributed by atoms with E-state index in [1.807, 2.05) is 50.2 Å². The van der Waals surface area contributed by atoms with Crippen LogP contribution in [0.2, 0.25) is 0 Å². The van der Waals surface area contributed by atoms with Crippen molar-refractivity contribution in [2.24, 2.45) is 0 Å². The standard InChI is InChI=1S/C28H32F3N5O5.C19H25F3N4O4.C9H8ClNO/c1-18-2-9-25-23(14-18)33-26(41-25)16-34-10-12-35(13-11-34)27(37)17-40-21-6-3-19(4-7-21)32-20-5-8-24(36(38)39)22(15-20)28(29,30)31;20-19(21,22)16-11-14(3-6-17(16)26(28)29)24-13-1-4-15(5-2-13)30-12-18(27)25-9-7-23-8-10-25;1-6-2-3-8-7(4-6)11-9(5-10)12-8/h2,5,8-9,14-15,19,21,32H,3-4,6-7,10-13,16-17H2,1H3;3,6,11,13,15,23-24H,1-2,4-5,7-10,12H2;2-4H,5H2,1H3. The van der Waals surface area contributed by atoms with Crippen LogP contribution in [-0.2, 0) is 43.8 Å². The van der Waals surface area contributed by atoms with E-state index < -0.39 is 44.7 Å². The molecule has 3 N–H and O–H groups in total. The van der Waals surface area contributed by atoms with Crippen molar-refractivity contribution in [2.75, 3.05) is 76.2 Å². The summed E-state index contributed by atoms with van der Waals surface area (Å²) in [6, 6.07) is 17.6. The lowest BCUT2D eigenvalue weighted by molar-refractivity contribution is -0.388. The fourth-order valence-corrected chi connectivity index (χ4v) is 10.5. The van der Waals surface area contributed by atoms with Crippen LogP contribution in [0.1, 0.15) is 85.4 Å². The number of nitrogens with zero attached hydrogens (tertiary/aromatic N) is 7. The number of fused-ring (bicyclic) bond motifs is 2. The van der Waals surface area contributed by atoms with Gasteiger partial charge in [-0.2, -0.15) is 26.3 Å². The summed E-state index contributed by atoms with van der Waals surface area (Å²) >= 11 is 5.58. The molecular formula is C56H65ClF6N10O10. The zero-order chi connectivity index (χ0) is 59.4. The van der Waals surface area contributed by atoms with Crippen LogP contribution in [0.3, 0.4) is 0 Å². The minimum absolute atomic E-state index is 0.00939. The molecule has 10 rings (SSSR count). The maximum absolute atomic E-state index is 13.3. The molecule has 448 valence electrons. The van der Waals surface area contributed by atoms with Crippen molar-refractivity contribution in [2.45, 2.75) is 114 Å². The Hall–Kier alpha value is -7.13. The summed E-state index contributed by atoms with van der Waals surface area (Å²) in [5.41, 5.74) is 1.52. The quantitative estimate of drug-likeness (QED) is 0.0375. The average molecular weight is 1190 g/mol. The van der Waals surface area contributed by atoms with E-state index in [1.54, 1.807) is 9.80 Å². The molecule has 2 saturated heterocycles. The highest BCUT2D eigenvalue weighted by Gasteiger charge is 2.40. The minimum Gasteiger partial charge on any atom is -0.439 e. The molecule has 0 spiro atoms. The number of anilines is 2. The molecule has 20 nitrogen and oxygen atoms in total. The summed E-state index contributed by atoms with van der Waals surface area (Å²) in [7, 11) is 0. The number of carbonyl (C=O) groups excluding carboxylic acids is 2. The minimum atomic E-state index is -4.82. The number of amides is 2. The third-order valence-electron chi connectivity index (χ3n) is 14.8. The summed E-state index contributed by atoms with van der Waals surface area (Å²) in [5, 5.41) is 31.1. The van der Waals surface area contributed by atoms with E-state index in [0.29, 0.717) is 115 Å². The van der Waals surface area contributed by atoms with E-state index in [9.17, 15) is 56.2 Å². The van der Waals surface area contributed by atoms with Gasteiger partial charge in [0.2, 0.25) is 23.6 Å². The van der Waals surface area contributed by atoms with E-state index in [2.05, 4.69) is 30.8 Å². The summed E-state index contributed by atoms with van der Waals surface area (Å²) < 4.78 is 102. The van der Waals surface area contributed by atoms with Crippen LogP contribution in [0.15, 0.2) is 81.6 Å². The van der Waals surface area contributed by atoms with Crippen molar-refractivity contribution in [1.29, 1.82) is 0 Å². The van der Waals surface area contributed by atoms with Crippen molar-refractivity contribution in [3.63, 3.8) is 0 Å². The van der Waals surface area contributed by atoms with Crippen molar-refractivity contribution in [3.05, 3.63) is 127 Å². The number of nitro groups is 2. The van der Waals surface area contributed by atoms with E-state index in [1.165, 1.54) is 17.7 Å². The second kappa shape index (κ2) is 28.0. The topological polar surface area (TPSA) is 237 Å². The number of nitrogens with one attached hydrogen (secondary N) is 3. The summed E-state index contributed by atoms with van der Waals surface area (Å²) in [5.74, 6) is 1.48. The molecule has 27 heteroatoms. The molecule has 2 amide bonds. The van der Waals surface area contributed by atoms with Crippen molar-refractivity contribution >= 4 is 68.4 Å². The van der Waals surface area contributed by atoms with E-state index in [4.69, 9.17) is 29.9 Å².